The average molecular weight is 280 g/mol. The predicted octanol–water partition coefficient (Wildman–Crippen LogP) is 2.15. The molecule has 1 rings (SSSR count). The highest BCUT2D eigenvalue weighted by atomic mass is 16.5. The molecule has 2 N–H and O–H groups in total. The van der Waals surface area contributed by atoms with Crippen LogP contribution in [0.3, 0.4) is 0 Å². The molecule has 0 aliphatic heterocycles. The fourth-order valence-corrected chi connectivity index (χ4v) is 1.97. The molecule has 0 aliphatic rings. The molecule has 0 saturated carbocycles. The van der Waals surface area contributed by atoms with Crippen molar-refractivity contribution in [3.05, 3.63) is 42.5 Å². The van der Waals surface area contributed by atoms with Crippen LogP contribution in [0.5, 0.6) is 5.75 Å². The van der Waals surface area contributed by atoms with Gasteiger partial charge in [0.2, 0.25) is 0 Å². The van der Waals surface area contributed by atoms with E-state index in [0.29, 0.717) is 13.0 Å². The Balaban J connectivity index is 2.40. The summed E-state index contributed by atoms with van der Waals surface area (Å²) in [4.78, 5) is 0. The van der Waals surface area contributed by atoms with Gasteiger partial charge in [0.05, 0.1) is 32.5 Å². The van der Waals surface area contributed by atoms with E-state index in [-0.39, 0.29) is 12.5 Å². The van der Waals surface area contributed by atoms with E-state index in [0.717, 1.165) is 11.3 Å². The summed E-state index contributed by atoms with van der Waals surface area (Å²) in [5.74, 6) is 0.433. The van der Waals surface area contributed by atoms with Gasteiger partial charge in [-0.05, 0) is 24.1 Å². The normalized spacial score (nSPS) is 15.4. The number of hydrogen-bond acceptors (Lipinski definition) is 4. The molecule has 0 heterocycles. The second-order valence-corrected chi connectivity index (χ2v) is 4.72. The first-order valence-electron chi connectivity index (χ1n) is 6.81. The standard InChI is InChI=1S/C16H24O4/c1-4-14(15(17)5-2)16(18)11-20-10-12-6-8-13(19-3)9-7-12/h4,6-9,14-18H,1,5,10-11H2,2-3H3/t14-,15+,16-/m0/s1. The molecule has 0 saturated heterocycles. The lowest BCUT2D eigenvalue weighted by Crippen LogP contribution is -2.33. The second-order valence-electron chi connectivity index (χ2n) is 4.72. The molecule has 0 bridgehead atoms. The van der Waals surface area contributed by atoms with Crippen LogP contribution in [0.1, 0.15) is 18.9 Å². The largest absolute Gasteiger partial charge is 0.497 e. The van der Waals surface area contributed by atoms with Crippen LogP contribution >= 0.6 is 0 Å². The SMILES string of the molecule is C=C[C@@H]([C@H](O)CC)[C@@H](O)COCc1ccc(OC)cc1. The molecule has 1 aromatic rings. The highest BCUT2D eigenvalue weighted by molar-refractivity contribution is 5.26. The summed E-state index contributed by atoms with van der Waals surface area (Å²) in [6, 6.07) is 7.55. The van der Waals surface area contributed by atoms with E-state index < -0.39 is 12.2 Å². The monoisotopic (exact) mass is 280 g/mol. The van der Waals surface area contributed by atoms with Gasteiger partial charge in [0.1, 0.15) is 5.75 Å². The van der Waals surface area contributed by atoms with E-state index in [1.807, 2.05) is 31.2 Å². The van der Waals surface area contributed by atoms with Crippen molar-refractivity contribution in [1.82, 2.24) is 0 Å². The van der Waals surface area contributed by atoms with Crippen molar-refractivity contribution in [3.8, 4) is 5.75 Å². The summed E-state index contributed by atoms with van der Waals surface area (Å²) >= 11 is 0. The average Bonchev–Trinajstić information content (AvgIpc) is 2.48. The Morgan fingerprint density at radius 2 is 1.85 bits per heavy atom. The number of methoxy groups -OCH3 is 1. The third-order valence-electron chi connectivity index (χ3n) is 3.30. The third-order valence-corrected chi connectivity index (χ3v) is 3.30. The lowest BCUT2D eigenvalue weighted by molar-refractivity contribution is -0.0263. The highest BCUT2D eigenvalue weighted by Gasteiger charge is 2.22. The Kier molecular flexibility index (Phi) is 7.30. The molecule has 4 nitrogen and oxygen atoms in total. The van der Waals surface area contributed by atoms with Gasteiger partial charge in [-0.25, -0.2) is 0 Å². The van der Waals surface area contributed by atoms with Crippen molar-refractivity contribution in [2.75, 3.05) is 13.7 Å². The van der Waals surface area contributed by atoms with E-state index in [2.05, 4.69) is 6.58 Å². The van der Waals surface area contributed by atoms with E-state index in [4.69, 9.17) is 9.47 Å². The molecule has 112 valence electrons. The minimum atomic E-state index is -0.749. The van der Waals surface area contributed by atoms with E-state index in [9.17, 15) is 10.2 Å². The van der Waals surface area contributed by atoms with E-state index in [1.165, 1.54) is 0 Å². The quantitative estimate of drug-likeness (QED) is 0.680. The van der Waals surface area contributed by atoms with Gasteiger partial charge < -0.3 is 19.7 Å². The van der Waals surface area contributed by atoms with Crippen molar-refractivity contribution in [2.45, 2.75) is 32.2 Å². The van der Waals surface area contributed by atoms with Crippen molar-refractivity contribution >= 4 is 0 Å². The molecular weight excluding hydrogens is 256 g/mol. The summed E-state index contributed by atoms with van der Waals surface area (Å²) in [6.07, 6.45) is 0.815. The van der Waals surface area contributed by atoms with Crippen LogP contribution in [0.25, 0.3) is 0 Å². The number of hydrogen-bond donors (Lipinski definition) is 2. The van der Waals surface area contributed by atoms with Gasteiger partial charge in [-0.1, -0.05) is 25.1 Å². The topological polar surface area (TPSA) is 58.9 Å². The lowest BCUT2D eigenvalue weighted by Gasteiger charge is -2.23. The zero-order valence-electron chi connectivity index (χ0n) is 12.2. The number of aliphatic hydroxyl groups excluding tert-OH is 2. The summed E-state index contributed by atoms with van der Waals surface area (Å²) < 4.78 is 10.6. The highest BCUT2D eigenvalue weighted by Crippen LogP contribution is 2.16. The smallest absolute Gasteiger partial charge is 0.118 e. The lowest BCUT2D eigenvalue weighted by atomic mass is 9.95. The number of aliphatic hydroxyl groups is 2. The Labute approximate surface area is 120 Å². The van der Waals surface area contributed by atoms with Crippen LogP contribution in [0.4, 0.5) is 0 Å². The first-order chi connectivity index (χ1) is 9.62. The number of benzene rings is 1. The van der Waals surface area contributed by atoms with Crippen LogP contribution in [-0.4, -0.2) is 36.1 Å². The molecule has 4 heteroatoms. The summed E-state index contributed by atoms with van der Waals surface area (Å²) in [5.41, 5.74) is 1.00. The van der Waals surface area contributed by atoms with Crippen LogP contribution in [0, 0.1) is 5.92 Å². The van der Waals surface area contributed by atoms with Gasteiger partial charge in [0, 0.05) is 5.92 Å². The van der Waals surface area contributed by atoms with Crippen LogP contribution in [-0.2, 0) is 11.3 Å². The zero-order chi connectivity index (χ0) is 15.0. The molecule has 1 aromatic carbocycles. The van der Waals surface area contributed by atoms with Crippen LogP contribution in [0.15, 0.2) is 36.9 Å². The Morgan fingerprint density at radius 1 is 1.20 bits per heavy atom. The maximum Gasteiger partial charge on any atom is 0.118 e. The van der Waals surface area contributed by atoms with Crippen molar-refractivity contribution in [1.29, 1.82) is 0 Å². The van der Waals surface area contributed by atoms with Gasteiger partial charge in [-0.2, -0.15) is 0 Å². The minimum Gasteiger partial charge on any atom is -0.497 e. The van der Waals surface area contributed by atoms with Crippen molar-refractivity contribution < 1.29 is 19.7 Å². The molecule has 0 fully saturated rings. The van der Waals surface area contributed by atoms with Crippen molar-refractivity contribution in [2.24, 2.45) is 5.92 Å². The molecular formula is C16H24O4. The maximum absolute atomic E-state index is 9.99. The Bertz CT molecular complexity index is 388. The minimum absolute atomic E-state index is 0.166. The fourth-order valence-electron chi connectivity index (χ4n) is 1.97. The molecule has 3 atom stereocenters. The molecule has 20 heavy (non-hydrogen) atoms. The summed E-state index contributed by atoms with van der Waals surface area (Å²) in [6.45, 7) is 6.09. The number of rotatable bonds is 9. The fraction of sp³-hybridized carbons (Fsp3) is 0.500. The molecule has 0 spiro atoms. The van der Waals surface area contributed by atoms with Gasteiger partial charge >= 0.3 is 0 Å². The molecule has 0 unspecified atom stereocenters. The summed E-state index contributed by atoms with van der Waals surface area (Å²) in [5, 5.41) is 19.8. The molecule has 0 amide bonds. The Hall–Kier alpha value is -1.36. The van der Waals surface area contributed by atoms with Crippen LogP contribution < -0.4 is 4.74 Å². The second kappa shape index (κ2) is 8.74. The number of ether oxygens (including phenoxy) is 2. The third kappa shape index (κ3) is 4.96. The van der Waals surface area contributed by atoms with E-state index in [1.54, 1.807) is 13.2 Å². The first kappa shape index (κ1) is 16.7. The zero-order valence-corrected chi connectivity index (χ0v) is 12.2. The van der Waals surface area contributed by atoms with Crippen LogP contribution in [0.2, 0.25) is 0 Å². The molecule has 0 radical (unpaired) electrons. The maximum atomic E-state index is 9.99. The van der Waals surface area contributed by atoms with Gasteiger partial charge in [0.25, 0.3) is 0 Å². The van der Waals surface area contributed by atoms with E-state index >= 15 is 0 Å². The predicted molar refractivity (Wildman–Crippen MR) is 78.6 cm³/mol. The molecule has 0 aromatic heterocycles. The first-order valence-corrected chi connectivity index (χ1v) is 6.81. The Morgan fingerprint density at radius 3 is 2.35 bits per heavy atom. The van der Waals surface area contributed by atoms with Crippen molar-refractivity contribution in [3.63, 3.8) is 0 Å². The summed E-state index contributed by atoms with van der Waals surface area (Å²) in [7, 11) is 1.62. The van der Waals surface area contributed by atoms with Gasteiger partial charge in [-0.15, -0.1) is 6.58 Å². The van der Waals surface area contributed by atoms with Gasteiger partial charge in [0.15, 0.2) is 0 Å². The molecule has 0 aliphatic carbocycles. The van der Waals surface area contributed by atoms with Gasteiger partial charge in [-0.3, -0.25) is 0 Å².